The Morgan fingerprint density at radius 2 is 2.06 bits per heavy atom. The highest BCUT2D eigenvalue weighted by Gasteiger charge is 2.19. The topological polar surface area (TPSA) is 113 Å². The van der Waals surface area contributed by atoms with Gasteiger partial charge in [0, 0.05) is 23.2 Å². The summed E-state index contributed by atoms with van der Waals surface area (Å²) in [4.78, 5) is 21.3. The molecule has 0 spiro atoms. The molecule has 4 rings (SSSR count). The van der Waals surface area contributed by atoms with Gasteiger partial charge in [0.05, 0.1) is 12.2 Å². The average molecular weight is 498 g/mol. The van der Waals surface area contributed by atoms with E-state index >= 15 is 0 Å². The molecule has 3 aromatic rings. The highest BCUT2D eigenvalue weighted by atomic mass is 35.5. The third-order valence-corrected chi connectivity index (χ3v) is 6.47. The number of rotatable bonds is 10. The first kappa shape index (κ1) is 25.1. The monoisotopic (exact) mass is 497 g/mol. The zero-order chi connectivity index (χ0) is 24.8. The summed E-state index contributed by atoms with van der Waals surface area (Å²) in [6.07, 6.45) is 8.74. The number of carbonyl (C=O) groups is 1. The number of nitrogens with zero attached hydrogens (tertiary/aromatic N) is 3. The van der Waals surface area contributed by atoms with Crippen molar-refractivity contribution in [1.29, 1.82) is 0 Å². The van der Waals surface area contributed by atoms with Crippen LogP contribution >= 0.6 is 11.6 Å². The van der Waals surface area contributed by atoms with Crippen LogP contribution in [0.3, 0.4) is 0 Å². The fourth-order valence-electron chi connectivity index (χ4n) is 4.32. The van der Waals surface area contributed by atoms with Crippen LogP contribution in [-0.2, 0) is 6.42 Å². The minimum absolute atomic E-state index is 0.102. The van der Waals surface area contributed by atoms with E-state index in [0.29, 0.717) is 35.5 Å². The van der Waals surface area contributed by atoms with Crippen LogP contribution in [-0.4, -0.2) is 43.4 Å². The third-order valence-electron chi connectivity index (χ3n) is 6.14. The summed E-state index contributed by atoms with van der Waals surface area (Å²) in [5.74, 6) is 2.10. The van der Waals surface area contributed by atoms with Crippen LogP contribution < -0.4 is 10.1 Å². The zero-order valence-corrected chi connectivity index (χ0v) is 20.9. The molecule has 8 nitrogen and oxygen atoms in total. The first-order valence-corrected chi connectivity index (χ1v) is 12.5. The second-order valence-electron chi connectivity index (χ2n) is 9.75. The van der Waals surface area contributed by atoms with Crippen LogP contribution in [0.5, 0.6) is 5.75 Å². The van der Waals surface area contributed by atoms with Crippen LogP contribution in [0.15, 0.2) is 36.5 Å². The van der Waals surface area contributed by atoms with Crippen LogP contribution in [0.25, 0.3) is 11.1 Å². The van der Waals surface area contributed by atoms with Gasteiger partial charge >= 0.3 is 0 Å². The molecular weight excluding hydrogens is 466 g/mol. The Morgan fingerprint density at radius 3 is 2.83 bits per heavy atom. The molecule has 1 aromatic carbocycles. The summed E-state index contributed by atoms with van der Waals surface area (Å²) in [5.41, 5.74) is 0.843. The number of aromatic amines is 1. The van der Waals surface area contributed by atoms with E-state index < -0.39 is 11.5 Å². The molecule has 0 unspecified atom stereocenters. The lowest BCUT2D eigenvalue weighted by Gasteiger charge is -2.17. The van der Waals surface area contributed by atoms with Crippen molar-refractivity contribution in [2.75, 3.05) is 11.9 Å². The Bertz CT molecular complexity index is 1150. The summed E-state index contributed by atoms with van der Waals surface area (Å²) >= 11 is 6.46. The van der Waals surface area contributed by atoms with Crippen molar-refractivity contribution in [1.82, 2.24) is 20.2 Å². The molecule has 2 aromatic heterocycles. The van der Waals surface area contributed by atoms with Crippen molar-refractivity contribution in [3.63, 3.8) is 0 Å². The number of pyridine rings is 1. The van der Waals surface area contributed by atoms with Gasteiger partial charge in [0.2, 0.25) is 5.82 Å². The fourth-order valence-corrected chi connectivity index (χ4v) is 4.55. The average Bonchev–Trinajstić information content (AvgIpc) is 3.50. The Kier molecular flexibility index (Phi) is 8.03. The Morgan fingerprint density at radius 1 is 1.26 bits per heavy atom. The Labute approximate surface area is 210 Å². The SMILES string of the molecule is CC(C)(O)CCCOc1ccc(Cl)c(-c2ccnc(NC(=O)c3n[nH]c(CC4CCCC4)n3)c2)c1. The number of H-pyrrole nitrogens is 1. The lowest BCUT2D eigenvalue weighted by atomic mass is 10.0. The molecule has 0 radical (unpaired) electrons. The predicted octanol–water partition coefficient (Wildman–Crippen LogP) is 5.44. The Balaban J connectivity index is 1.40. The molecule has 0 saturated heterocycles. The maximum atomic E-state index is 12.7. The molecular formula is C26H32ClN5O3. The number of benzene rings is 1. The molecule has 186 valence electrons. The lowest BCUT2D eigenvalue weighted by Crippen LogP contribution is -2.19. The van der Waals surface area contributed by atoms with Gasteiger partial charge in [-0.15, -0.1) is 5.10 Å². The number of halogens is 1. The zero-order valence-electron chi connectivity index (χ0n) is 20.2. The molecule has 0 aliphatic heterocycles. The molecule has 9 heteroatoms. The smallest absolute Gasteiger partial charge is 0.296 e. The minimum Gasteiger partial charge on any atom is -0.494 e. The largest absolute Gasteiger partial charge is 0.494 e. The molecule has 3 N–H and O–H groups in total. The lowest BCUT2D eigenvalue weighted by molar-refractivity contribution is 0.0641. The number of hydrogen-bond acceptors (Lipinski definition) is 6. The molecule has 1 aliphatic carbocycles. The summed E-state index contributed by atoms with van der Waals surface area (Å²) in [6, 6.07) is 9.02. The number of aromatic nitrogens is 4. The van der Waals surface area contributed by atoms with Crippen LogP contribution in [0.4, 0.5) is 5.82 Å². The highest BCUT2D eigenvalue weighted by Crippen LogP contribution is 2.32. The number of ether oxygens (including phenoxy) is 1. The van der Waals surface area contributed by atoms with Gasteiger partial charge in [-0.25, -0.2) is 9.97 Å². The number of carbonyl (C=O) groups excluding carboxylic acids is 1. The van der Waals surface area contributed by atoms with E-state index in [-0.39, 0.29) is 5.82 Å². The molecule has 0 atom stereocenters. The number of hydrogen-bond donors (Lipinski definition) is 3. The van der Waals surface area contributed by atoms with Crippen molar-refractivity contribution in [3.05, 3.63) is 53.2 Å². The van der Waals surface area contributed by atoms with Gasteiger partial charge in [-0.05, 0) is 68.5 Å². The van der Waals surface area contributed by atoms with E-state index in [1.165, 1.54) is 25.7 Å². The van der Waals surface area contributed by atoms with Gasteiger partial charge < -0.3 is 15.2 Å². The Hall–Kier alpha value is -2.97. The summed E-state index contributed by atoms with van der Waals surface area (Å²) in [6.45, 7) is 4.05. The molecule has 2 heterocycles. The van der Waals surface area contributed by atoms with Gasteiger partial charge in [-0.3, -0.25) is 9.89 Å². The summed E-state index contributed by atoms with van der Waals surface area (Å²) in [5, 5.41) is 20.1. The van der Waals surface area contributed by atoms with Crippen molar-refractivity contribution in [3.8, 4) is 16.9 Å². The number of aliphatic hydroxyl groups is 1. The quantitative estimate of drug-likeness (QED) is 0.322. The second-order valence-corrected chi connectivity index (χ2v) is 10.2. The van der Waals surface area contributed by atoms with Gasteiger partial charge in [0.1, 0.15) is 17.4 Å². The van der Waals surface area contributed by atoms with Crippen molar-refractivity contribution >= 4 is 23.3 Å². The van der Waals surface area contributed by atoms with Gasteiger partial charge in [0.15, 0.2) is 0 Å². The van der Waals surface area contributed by atoms with Crippen molar-refractivity contribution in [2.45, 2.75) is 64.4 Å². The van der Waals surface area contributed by atoms with Crippen molar-refractivity contribution in [2.24, 2.45) is 5.92 Å². The first-order valence-electron chi connectivity index (χ1n) is 12.1. The van der Waals surface area contributed by atoms with Crippen LogP contribution in [0, 0.1) is 5.92 Å². The van der Waals surface area contributed by atoms with Crippen LogP contribution in [0.1, 0.15) is 68.8 Å². The van der Waals surface area contributed by atoms with Gasteiger partial charge in [-0.1, -0.05) is 37.3 Å². The maximum absolute atomic E-state index is 12.7. The van der Waals surface area contributed by atoms with Crippen molar-refractivity contribution < 1.29 is 14.6 Å². The van der Waals surface area contributed by atoms with E-state index in [0.717, 1.165) is 29.8 Å². The standard InChI is InChI=1S/C26H32ClN5O3/c1-26(2,34)11-5-13-35-19-8-9-21(27)20(16-19)18-10-12-28-22(15-18)30-25(33)24-29-23(31-32-24)14-17-6-3-4-7-17/h8-10,12,15-17,34H,3-7,11,13-14H2,1-2H3,(H,28,30,33)(H,29,31,32). The normalized spacial score (nSPS) is 14.3. The fraction of sp³-hybridized carbons (Fsp3) is 0.462. The predicted molar refractivity (Wildman–Crippen MR) is 136 cm³/mol. The van der Waals surface area contributed by atoms with E-state index in [2.05, 4.69) is 25.5 Å². The van der Waals surface area contributed by atoms with E-state index in [1.807, 2.05) is 18.2 Å². The van der Waals surface area contributed by atoms with E-state index in [4.69, 9.17) is 16.3 Å². The molecule has 1 amide bonds. The molecule has 1 saturated carbocycles. The third kappa shape index (κ3) is 7.26. The molecule has 1 fully saturated rings. The molecule has 1 aliphatic rings. The molecule has 35 heavy (non-hydrogen) atoms. The number of amides is 1. The maximum Gasteiger partial charge on any atom is 0.296 e. The summed E-state index contributed by atoms with van der Waals surface area (Å²) < 4.78 is 5.85. The van der Waals surface area contributed by atoms with Crippen LogP contribution in [0.2, 0.25) is 5.02 Å². The second kappa shape index (κ2) is 11.2. The number of nitrogens with one attached hydrogen (secondary N) is 2. The van der Waals surface area contributed by atoms with E-state index in [9.17, 15) is 9.90 Å². The van der Waals surface area contributed by atoms with Gasteiger partial charge in [-0.2, -0.15) is 0 Å². The summed E-state index contributed by atoms with van der Waals surface area (Å²) in [7, 11) is 0. The highest BCUT2D eigenvalue weighted by molar-refractivity contribution is 6.33. The first-order chi connectivity index (χ1) is 16.8. The molecule has 0 bridgehead atoms. The number of anilines is 1. The minimum atomic E-state index is -0.713. The van der Waals surface area contributed by atoms with E-state index in [1.54, 1.807) is 32.2 Å². The van der Waals surface area contributed by atoms with Gasteiger partial charge in [0.25, 0.3) is 5.91 Å².